The third-order valence-corrected chi connectivity index (χ3v) is 1.98. The molecule has 0 fully saturated rings. The van der Waals surface area contributed by atoms with Crippen LogP contribution in [-0.2, 0) is 4.79 Å². The normalized spacial score (nSPS) is 9.69. The lowest BCUT2D eigenvalue weighted by atomic mass is 10.2. The van der Waals surface area contributed by atoms with Crippen LogP contribution in [0.3, 0.4) is 0 Å². The summed E-state index contributed by atoms with van der Waals surface area (Å²) in [7, 11) is 3.35. The second kappa shape index (κ2) is 5.27. The molecule has 0 aliphatic carbocycles. The van der Waals surface area contributed by atoms with Crippen LogP contribution >= 0.6 is 0 Å². The Morgan fingerprint density at radius 3 is 2.62 bits per heavy atom. The molecule has 1 aromatic carbocycles. The Hall–Kier alpha value is -1.88. The summed E-state index contributed by atoms with van der Waals surface area (Å²) in [6, 6.07) is 6.74. The van der Waals surface area contributed by atoms with Gasteiger partial charge in [-0.2, -0.15) is 0 Å². The highest BCUT2D eigenvalue weighted by molar-refractivity contribution is 5.97. The number of nitrogens with two attached hydrogens (primary N) is 1. The number of benzene rings is 1. The second-order valence-corrected chi connectivity index (χ2v) is 3.53. The van der Waals surface area contributed by atoms with Crippen LogP contribution in [0.5, 0.6) is 0 Å². The van der Waals surface area contributed by atoms with Crippen molar-refractivity contribution in [1.82, 2.24) is 4.90 Å². The highest BCUT2D eigenvalue weighted by Crippen LogP contribution is 2.11. The number of hydrogen-bond acceptors (Lipinski definition) is 3. The van der Waals surface area contributed by atoms with Crippen molar-refractivity contribution >= 4 is 17.5 Å². The van der Waals surface area contributed by atoms with Gasteiger partial charge in [-0.3, -0.25) is 9.59 Å². The molecule has 0 saturated carbocycles. The van der Waals surface area contributed by atoms with Crippen molar-refractivity contribution in [2.45, 2.75) is 0 Å². The minimum Gasteiger partial charge on any atom is -0.345 e. The van der Waals surface area contributed by atoms with E-state index >= 15 is 0 Å². The summed E-state index contributed by atoms with van der Waals surface area (Å²) >= 11 is 0. The molecule has 0 spiro atoms. The summed E-state index contributed by atoms with van der Waals surface area (Å²) in [6.45, 7) is -0.0775. The Balaban J connectivity index is 2.87. The van der Waals surface area contributed by atoms with Crippen molar-refractivity contribution in [3.05, 3.63) is 29.8 Å². The van der Waals surface area contributed by atoms with E-state index in [9.17, 15) is 9.59 Å². The fourth-order valence-corrected chi connectivity index (χ4v) is 1.20. The van der Waals surface area contributed by atoms with Crippen molar-refractivity contribution in [3.8, 4) is 0 Å². The van der Waals surface area contributed by atoms with E-state index in [0.717, 1.165) is 0 Å². The molecule has 0 saturated heterocycles. The number of hydrogen-bond donors (Lipinski definition) is 2. The summed E-state index contributed by atoms with van der Waals surface area (Å²) in [6.07, 6.45) is 0. The van der Waals surface area contributed by atoms with E-state index in [4.69, 9.17) is 5.73 Å². The van der Waals surface area contributed by atoms with Gasteiger partial charge in [0.05, 0.1) is 6.54 Å². The zero-order chi connectivity index (χ0) is 12.1. The third-order valence-electron chi connectivity index (χ3n) is 1.98. The summed E-state index contributed by atoms with van der Waals surface area (Å²) in [5, 5.41) is 2.59. The van der Waals surface area contributed by atoms with Gasteiger partial charge in [0, 0.05) is 25.3 Å². The smallest absolute Gasteiger partial charge is 0.253 e. The molecule has 5 heteroatoms. The fourth-order valence-electron chi connectivity index (χ4n) is 1.20. The molecular weight excluding hydrogens is 206 g/mol. The number of amides is 2. The minimum absolute atomic E-state index is 0.0775. The maximum absolute atomic E-state index is 11.6. The Kier molecular flexibility index (Phi) is 4.02. The molecule has 5 nitrogen and oxygen atoms in total. The Labute approximate surface area is 94.2 Å². The van der Waals surface area contributed by atoms with Crippen molar-refractivity contribution in [2.75, 3.05) is 26.0 Å². The van der Waals surface area contributed by atoms with E-state index in [0.29, 0.717) is 11.3 Å². The molecule has 2 amide bonds. The summed E-state index contributed by atoms with van der Waals surface area (Å²) in [5.41, 5.74) is 6.28. The van der Waals surface area contributed by atoms with Crippen LogP contribution in [0.25, 0.3) is 0 Å². The number of rotatable bonds is 3. The van der Waals surface area contributed by atoms with Gasteiger partial charge in [-0.05, 0) is 18.2 Å². The zero-order valence-corrected chi connectivity index (χ0v) is 9.36. The van der Waals surface area contributed by atoms with E-state index in [2.05, 4.69) is 5.32 Å². The predicted molar refractivity (Wildman–Crippen MR) is 62.1 cm³/mol. The van der Waals surface area contributed by atoms with Crippen molar-refractivity contribution < 1.29 is 9.59 Å². The molecule has 1 rings (SSSR count). The van der Waals surface area contributed by atoms with Crippen LogP contribution in [0.4, 0.5) is 5.69 Å². The third kappa shape index (κ3) is 3.06. The second-order valence-electron chi connectivity index (χ2n) is 3.53. The molecule has 16 heavy (non-hydrogen) atoms. The molecule has 3 N–H and O–H groups in total. The predicted octanol–water partition coefficient (Wildman–Crippen LogP) is 0.286. The molecule has 0 aromatic heterocycles. The van der Waals surface area contributed by atoms with Crippen molar-refractivity contribution in [2.24, 2.45) is 5.73 Å². The quantitative estimate of drug-likeness (QED) is 0.770. The summed E-state index contributed by atoms with van der Waals surface area (Å²) in [5.74, 6) is -0.390. The van der Waals surface area contributed by atoms with Gasteiger partial charge in [0.1, 0.15) is 0 Å². The Bertz CT molecular complexity index is 402. The number of carbonyl (C=O) groups excluding carboxylic acids is 2. The monoisotopic (exact) mass is 221 g/mol. The molecule has 1 aromatic rings. The maximum atomic E-state index is 11.6. The topological polar surface area (TPSA) is 75.4 Å². The lowest BCUT2D eigenvalue weighted by Gasteiger charge is -2.11. The van der Waals surface area contributed by atoms with Crippen molar-refractivity contribution in [1.29, 1.82) is 0 Å². The molecule has 0 bridgehead atoms. The zero-order valence-electron chi connectivity index (χ0n) is 9.36. The molecule has 0 aliphatic rings. The van der Waals surface area contributed by atoms with Gasteiger partial charge in [0.15, 0.2) is 0 Å². The molecule has 0 radical (unpaired) electrons. The maximum Gasteiger partial charge on any atom is 0.253 e. The minimum atomic E-state index is -0.283. The molecule has 0 heterocycles. The van der Waals surface area contributed by atoms with Crippen LogP contribution in [0.15, 0.2) is 24.3 Å². The number of carbonyl (C=O) groups is 2. The van der Waals surface area contributed by atoms with E-state index in [-0.39, 0.29) is 18.4 Å². The van der Waals surface area contributed by atoms with Crippen LogP contribution in [0, 0.1) is 0 Å². The number of nitrogens with zero attached hydrogens (tertiary/aromatic N) is 1. The lowest BCUT2D eigenvalue weighted by molar-refractivity contribution is -0.114. The van der Waals surface area contributed by atoms with E-state index in [1.54, 1.807) is 38.4 Å². The SMILES string of the molecule is CN(C)C(=O)c1cccc(NC(=O)CN)c1. The average Bonchev–Trinajstić information content (AvgIpc) is 2.28. The molecular formula is C11H15N3O2. The Morgan fingerprint density at radius 1 is 1.38 bits per heavy atom. The number of anilines is 1. The van der Waals surface area contributed by atoms with Gasteiger partial charge < -0.3 is 16.0 Å². The molecule has 0 atom stereocenters. The van der Waals surface area contributed by atoms with Gasteiger partial charge in [0.25, 0.3) is 5.91 Å². The molecule has 0 aliphatic heterocycles. The van der Waals surface area contributed by atoms with E-state index in [1.807, 2.05) is 0 Å². The molecule has 86 valence electrons. The standard InChI is InChI=1S/C11H15N3O2/c1-14(2)11(16)8-4-3-5-9(6-8)13-10(15)7-12/h3-6H,7,12H2,1-2H3,(H,13,15). The highest BCUT2D eigenvalue weighted by Gasteiger charge is 2.08. The first kappa shape index (κ1) is 12.2. The van der Waals surface area contributed by atoms with E-state index < -0.39 is 0 Å². The van der Waals surface area contributed by atoms with Crippen LogP contribution in [0.2, 0.25) is 0 Å². The van der Waals surface area contributed by atoms with Gasteiger partial charge in [0.2, 0.25) is 5.91 Å². The van der Waals surface area contributed by atoms with Crippen LogP contribution in [0.1, 0.15) is 10.4 Å². The van der Waals surface area contributed by atoms with Crippen LogP contribution < -0.4 is 11.1 Å². The largest absolute Gasteiger partial charge is 0.345 e. The lowest BCUT2D eigenvalue weighted by Crippen LogP contribution is -2.23. The van der Waals surface area contributed by atoms with E-state index in [1.165, 1.54) is 4.90 Å². The van der Waals surface area contributed by atoms with Crippen molar-refractivity contribution in [3.63, 3.8) is 0 Å². The summed E-state index contributed by atoms with van der Waals surface area (Å²) in [4.78, 5) is 24.2. The molecule has 0 unspecified atom stereocenters. The highest BCUT2D eigenvalue weighted by atomic mass is 16.2. The first-order valence-electron chi connectivity index (χ1n) is 4.86. The van der Waals surface area contributed by atoms with Gasteiger partial charge in [-0.1, -0.05) is 6.07 Å². The van der Waals surface area contributed by atoms with Gasteiger partial charge >= 0.3 is 0 Å². The fraction of sp³-hybridized carbons (Fsp3) is 0.273. The first-order chi connectivity index (χ1) is 7.54. The van der Waals surface area contributed by atoms with Gasteiger partial charge in [-0.25, -0.2) is 0 Å². The average molecular weight is 221 g/mol. The number of nitrogens with one attached hydrogen (secondary N) is 1. The Morgan fingerprint density at radius 2 is 2.06 bits per heavy atom. The summed E-state index contributed by atoms with van der Waals surface area (Å²) < 4.78 is 0. The van der Waals surface area contributed by atoms with Crippen LogP contribution in [-0.4, -0.2) is 37.4 Å². The first-order valence-corrected chi connectivity index (χ1v) is 4.86. The van der Waals surface area contributed by atoms with Gasteiger partial charge in [-0.15, -0.1) is 0 Å².